The van der Waals surface area contributed by atoms with Gasteiger partial charge in [0, 0.05) is 24.3 Å². The molecule has 1 aromatic carbocycles. The van der Waals surface area contributed by atoms with Crippen molar-refractivity contribution in [2.45, 2.75) is 26.4 Å². The number of pyridine rings is 1. The van der Waals surface area contributed by atoms with Crippen LogP contribution in [0.5, 0.6) is 0 Å². The highest BCUT2D eigenvalue weighted by Crippen LogP contribution is 2.17. The summed E-state index contributed by atoms with van der Waals surface area (Å²) in [6.45, 7) is 4.88. The van der Waals surface area contributed by atoms with Crippen molar-refractivity contribution >= 4 is 0 Å². The molecule has 1 heterocycles. The average molecular weight is 251 g/mol. The second-order valence-corrected chi connectivity index (χ2v) is 4.58. The van der Waals surface area contributed by atoms with Crippen LogP contribution < -0.4 is 5.32 Å². The van der Waals surface area contributed by atoms with E-state index in [-0.39, 0.29) is 6.04 Å². The molecule has 3 heteroatoms. The van der Waals surface area contributed by atoms with Gasteiger partial charge in [-0.05, 0) is 31.0 Å². The predicted molar refractivity (Wildman–Crippen MR) is 75.4 cm³/mol. The van der Waals surface area contributed by atoms with Crippen LogP contribution in [0.1, 0.15) is 35.3 Å². The van der Waals surface area contributed by atoms with Crippen molar-refractivity contribution in [3.63, 3.8) is 0 Å². The first-order valence-corrected chi connectivity index (χ1v) is 6.35. The monoisotopic (exact) mass is 251 g/mol. The van der Waals surface area contributed by atoms with E-state index < -0.39 is 0 Å². The summed E-state index contributed by atoms with van der Waals surface area (Å²) in [6.07, 6.45) is 1.65. The van der Waals surface area contributed by atoms with Gasteiger partial charge in [-0.25, -0.2) is 4.98 Å². The molecule has 0 unspecified atom stereocenters. The molecule has 0 aliphatic carbocycles. The third kappa shape index (κ3) is 3.18. The number of hydrogen-bond donors (Lipinski definition) is 1. The van der Waals surface area contributed by atoms with E-state index in [1.54, 1.807) is 6.20 Å². The molecule has 0 spiro atoms. The maximum Gasteiger partial charge on any atom is 0.144 e. The summed E-state index contributed by atoms with van der Waals surface area (Å²) >= 11 is 0. The van der Waals surface area contributed by atoms with Gasteiger partial charge in [0.25, 0.3) is 0 Å². The standard InChI is InChI=1S/C16H17N3/c1-12-6-3-4-8-15(12)13(2)19-11-14-7-5-9-18-16(14)10-17/h3-9,13,19H,11H2,1-2H3/t13-/m1/s1. The van der Waals surface area contributed by atoms with Crippen molar-refractivity contribution in [3.8, 4) is 6.07 Å². The lowest BCUT2D eigenvalue weighted by Crippen LogP contribution is -2.19. The summed E-state index contributed by atoms with van der Waals surface area (Å²) in [5.74, 6) is 0. The SMILES string of the molecule is Cc1ccccc1[C@@H](C)NCc1cccnc1C#N. The van der Waals surface area contributed by atoms with E-state index >= 15 is 0 Å². The quantitative estimate of drug-likeness (QED) is 0.908. The maximum absolute atomic E-state index is 9.00. The third-order valence-corrected chi connectivity index (χ3v) is 3.25. The van der Waals surface area contributed by atoms with E-state index in [4.69, 9.17) is 5.26 Å². The fourth-order valence-corrected chi connectivity index (χ4v) is 2.13. The lowest BCUT2D eigenvalue weighted by atomic mass is 10.0. The van der Waals surface area contributed by atoms with Crippen molar-refractivity contribution < 1.29 is 0 Å². The average Bonchev–Trinajstić information content (AvgIpc) is 2.45. The van der Waals surface area contributed by atoms with Crippen LogP contribution in [0.4, 0.5) is 0 Å². The lowest BCUT2D eigenvalue weighted by Gasteiger charge is -2.16. The fourth-order valence-electron chi connectivity index (χ4n) is 2.13. The molecule has 1 N–H and O–H groups in total. The van der Waals surface area contributed by atoms with Crippen molar-refractivity contribution in [2.75, 3.05) is 0 Å². The van der Waals surface area contributed by atoms with E-state index in [1.807, 2.05) is 24.3 Å². The molecule has 0 aliphatic heterocycles. The number of rotatable bonds is 4. The Morgan fingerprint density at radius 1 is 1.26 bits per heavy atom. The molecule has 0 aliphatic rings. The number of aromatic nitrogens is 1. The second kappa shape index (κ2) is 6.12. The second-order valence-electron chi connectivity index (χ2n) is 4.58. The first kappa shape index (κ1) is 13.3. The van der Waals surface area contributed by atoms with Gasteiger partial charge in [0.2, 0.25) is 0 Å². The summed E-state index contributed by atoms with van der Waals surface area (Å²) in [6, 6.07) is 14.5. The normalized spacial score (nSPS) is 11.8. The molecular weight excluding hydrogens is 234 g/mol. The number of hydrogen-bond acceptors (Lipinski definition) is 3. The third-order valence-electron chi connectivity index (χ3n) is 3.25. The molecule has 0 bridgehead atoms. The highest BCUT2D eigenvalue weighted by molar-refractivity contribution is 5.31. The molecule has 0 amide bonds. The number of nitrogens with zero attached hydrogens (tertiary/aromatic N) is 2. The fraction of sp³-hybridized carbons (Fsp3) is 0.250. The van der Waals surface area contributed by atoms with E-state index in [1.165, 1.54) is 11.1 Å². The van der Waals surface area contributed by atoms with Crippen molar-refractivity contribution in [1.82, 2.24) is 10.3 Å². The Labute approximate surface area is 113 Å². The number of aryl methyl sites for hydroxylation is 1. The zero-order chi connectivity index (χ0) is 13.7. The van der Waals surface area contributed by atoms with E-state index in [9.17, 15) is 0 Å². The van der Waals surface area contributed by atoms with Crippen LogP contribution in [0.25, 0.3) is 0 Å². The Balaban J connectivity index is 2.07. The smallest absolute Gasteiger partial charge is 0.144 e. The Morgan fingerprint density at radius 2 is 2.05 bits per heavy atom. The van der Waals surface area contributed by atoms with Gasteiger partial charge in [-0.2, -0.15) is 5.26 Å². The van der Waals surface area contributed by atoms with Crippen LogP contribution in [0.2, 0.25) is 0 Å². The van der Waals surface area contributed by atoms with Crippen LogP contribution in [0.15, 0.2) is 42.6 Å². The zero-order valence-corrected chi connectivity index (χ0v) is 11.2. The van der Waals surface area contributed by atoms with Crippen molar-refractivity contribution in [3.05, 3.63) is 65.0 Å². The van der Waals surface area contributed by atoms with E-state index in [0.29, 0.717) is 12.2 Å². The molecule has 19 heavy (non-hydrogen) atoms. The minimum absolute atomic E-state index is 0.243. The molecule has 2 aromatic rings. The number of benzene rings is 1. The van der Waals surface area contributed by atoms with Crippen LogP contribution in [-0.2, 0) is 6.54 Å². The van der Waals surface area contributed by atoms with E-state index in [2.05, 4.69) is 42.4 Å². The summed E-state index contributed by atoms with van der Waals surface area (Å²) in [7, 11) is 0. The Morgan fingerprint density at radius 3 is 2.79 bits per heavy atom. The molecule has 96 valence electrons. The molecule has 2 rings (SSSR count). The van der Waals surface area contributed by atoms with Gasteiger partial charge >= 0.3 is 0 Å². The Hall–Kier alpha value is -2.18. The van der Waals surface area contributed by atoms with Gasteiger partial charge in [0.1, 0.15) is 11.8 Å². The summed E-state index contributed by atoms with van der Waals surface area (Å²) in [5.41, 5.74) is 3.98. The molecule has 3 nitrogen and oxygen atoms in total. The minimum atomic E-state index is 0.243. The van der Waals surface area contributed by atoms with Gasteiger partial charge in [-0.3, -0.25) is 0 Å². The zero-order valence-electron chi connectivity index (χ0n) is 11.2. The minimum Gasteiger partial charge on any atom is -0.306 e. The lowest BCUT2D eigenvalue weighted by molar-refractivity contribution is 0.571. The predicted octanol–water partition coefficient (Wildman–Crippen LogP) is 3.11. The molecular formula is C16H17N3. The van der Waals surface area contributed by atoms with Crippen molar-refractivity contribution in [1.29, 1.82) is 5.26 Å². The van der Waals surface area contributed by atoms with Crippen molar-refractivity contribution in [2.24, 2.45) is 0 Å². The first-order chi connectivity index (χ1) is 9.22. The van der Waals surface area contributed by atoms with Crippen LogP contribution in [0.3, 0.4) is 0 Å². The summed E-state index contributed by atoms with van der Waals surface area (Å²) in [4.78, 5) is 4.06. The number of nitriles is 1. The highest BCUT2D eigenvalue weighted by Gasteiger charge is 2.08. The highest BCUT2D eigenvalue weighted by atomic mass is 14.9. The Kier molecular flexibility index (Phi) is 4.27. The van der Waals surface area contributed by atoms with Gasteiger partial charge in [-0.1, -0.05) is 30.3 Å². The van der Waals surface area contributed by atoms with Crippen LogP contribution in [0, 0.1) is 18.3 Å². The summed E-state index contributed by atoms with van der Waals surface area (Å²) < 4.78 is 0. The molecule has 0 fully saturated rings. The largest absolute Gasteiger partial charge is 0.306 e. The van der Waals surface area contributed by atoms with Crippen LogP contribution in [-0.4, -0.2) is 4.98 Å². The van der Waals surface area contributed by atoms with Gasteiger partial charge in [0.15, 0.2) is 0 Å². The topological polar surface area (TPSA) is 48.7 Å². The maximum atomic E-state index is 9.00. The molecule has 0 saturated heterocycles. The molecule has 1 atom stereocenters. The molecule has 1 aromatic heterocycles. The first-order valence-electron chi connectivity index (χ1n) is 6.35. The molecule has 0 saturated carbocycles. The van der Waals surface area contributed by atoms with Crippen LogP contribution >= 0.6 is 0 Å². The van der Waals surface area contributed by atoms with E-state index in [0.717, 1.165) is 5.56 Å². The Bertz CT molecular complexity index is 599. The van der Waals surface area contributed by atoms with Gasteiger partial charge in [-0.15, -0.1) is 0 Å². The van der Waals surface area contributed by atoms with Gasteiger partial charge < -0.3 is 5.32 Å². The van der Waals surface area contributed by atoms with Gasteiger partial charge in [0.05, 0.1) is 0 Å². The molecule has 0 radical (unpaired) electrons. The summed E-state index contributed by atoms with van der Waals surface area (Å²) in [5, 5.41) is 12.4. The number of nitrogens with one attached hydrogen (secondary N) is 1.